The molecule has 26 heavy (non-hydrogen) atoms. The Morgan fingerprint density at radius 3 is 2.08 bits per heavy atom. The van der Waals surface area contributed by atoms with Crippen molar-refractivity contribution in [2.75, 3.05) is 0 Å². The third-order valence-electron chi connectivity index (χ3n) is 4.45. The van der Waals surface area contributed by atoms with E-state index in [0.29, 0.717) is 17.5 Å². The molecule has 0 unspecified atom stereocenters. The van der Waals surface area contributed by atoms with E-state index >= 15 is 0 Å². The van der Waals surface area contributed by atoms with Crippen molar-refractivity contribution < 1.29 is 14.7 Å². The molecule has 4 heteroatoms. The van der Waals surface area contributed by atoms with Gasteiger partial charge in [-0.1, -0.05) is 54.6 Å². The van der Waals surface area contributed by atoms with Crippen molar-refractivity contribution in [1.82, 2.24) is 4.90 Å². The highest BCUT2D eigenvalue weighted by molar-refractivity contribution is 6.14. The predicted octanol–water partition coefficient (Wildman–Crippen LogP) is 4.59. The molecule has 1 N–H and O–H groups in total. The zero-order valence-electron chi connectivity index (χ0n) is 14.8. The van der Waals surface area contributed by atoms with E-state index in [9.17, 15) is 14.7 Å². The first-order valence-electron chi connectivity index (χ1n) is 8.59. The van der Waals surface area contributed by atoms with Crippen LogP contribution in [0.3, 0.4) is 0 Å². The van der Waals surface area contributed by atoms with Crippen molar-refractivity contribution >= 4 is 22.6 Å². The van der Waals surface area contributed by atoms with Gasteiger partial charge in [0, 0.05) is 23.5 Å². The third kappa shape index (κ3) is 3.45. The fraction of sp³-hybridized carbons (Fsp3) is 0.182. The first kappa shape index (κ1) is 17.7. The van der Waals surface area contributed by atoms with Crippen molar-refractivity contribution in [2.45, 2.75) is 26.4 Å². The van der Waals surface area contributed by atoms with E-state index in [1.807, 2.05) is 56.3 Å². The molecule has 3 rings (SSSR count). The number of aromatic carboxylic acids is 1. The van der Waals surface area contributed by atoms with Gasteiger partial charge in [-0.15, -0.1) is 0 Å². The van der Waals surface area contributed by atoms with E-state index in [2.05, 4.69) is 0 Å². The molecule has 0 aliphatic heterocycles. The number of carbonyl (C=O) groups is 2. The van der Waals surface area contributed by atoms with Gasteiger partial charge in [0.15, 0.2) is 0 Å². The van der Waals surface area contributed by atoms with Crippen LogP contribution in [0.4, 0.5) is 0 Å². The number of carboxylic acid groups (broad SMARTS) is 1. The lowest BCUT2D eigenvalue weighted by atomic mass is 9.98. The van der Waals surface area contributed by atoms with Gasteiger partial charge >= 0.3 is 5.97 Å². The second-order valence-corrected chi connectivity index (χ2v) is 6.53. The molecule has 3 aromatic carbocycles. The Morgan fingerprint density at radius 1 is 0.885 bits per heavy atom. The van der Waals surface area contributed by atoms with Crippen LogP contribution in [0.5, 0.6) is 0 Å². The molecule has 0 spiro atoms. The average molecular weight is 347 g/mol. The van der Waals surface area contributed by atoms with Gasteiger partial charge in [-0.25, -0.2) is 4.79 Å². The molecule has 4 nitrogen and oxygen atoms in total. The summed E-state index contributed by atoms with van der Waals surface area (Å²) in [6.45, 7) is 4.40. The Bertz CT molecular complexity index is 943. The van der Waals surface area contributed by atoms with Gasteiger partial charge in [-0.05, 0) is 36.9 Å². The van der Waals surface area contributed by atoms with Crippen molar-refractivity contribution in [3.8, 4) is 0 Å². The van der Waals surface area contributed by atoms with Gasteiger partial charge in [0.25, 0.3) is 5.91 Å². The predicted molar refractivity (Wildman–Crippen MR) is 102 cm³/mol. The second-order valence-electron chi connectivity index (χ2n) is 6.53. The lowest BCUT2D eigenvalue weighted by molar-refractivity contribution is 0.0691. The average Bonchev–Trinajstić information content (AvgIpc) is 2.65. The minimum absolute atomic E-state index is 0.0186. The smallest absolute Gasteiger partial charge is 0.336 e. The number of rotatable bonds is 5. The highest BCUT2D eigenvalue weighted by Gasteiger charge is 2.23. The van der Waals surface area contributed by atoms with Crippen LogP contribution in [0.1, 0.15) is 40.1 Å². The van der Waals surface area contributed by atoms with Crippen molar-refractivity contribution in [1.29, 1.82) is 0 Å². The number of hydrogen-bond acceptors (Lipinski definition) is 2. The van der Waals surface area contributed by atoms with Crippen molar-refractivity contribution in [3.05, 3.63) is 83.4 Å². The summed E-state index contributed by atoms with van der Waals surface area (Å²) >= 11 is 0. The van der Waals surface area contributed by atoms with E-state index in [0.717, 1.165) is 10.9 Å². The van der Waals surface area contributed by atoms with Crippen LogP contribution in [0.25, 0.3) is 10.8 Å². The van der Waals surface area contributed by atoms with Crippen LogP contribution >= 0.6 is 0 Å². The molecule has 0 fully saturated rings. The summed E-state index contributed by atoms with van der Waals surface area (Å²) in [4.78, 5) is 26.7. The largest absolute Gasteiger partial charge is 0.478 e. The van der Waals surface area contributed by atoms with E-state index in [4.69, 9.17) is 0 Å². The number of hydrogen-bond donors (Lipinski definition) is 1. The van der Waals surface area contributed by atoms with Crippen LogP contribution in [-0.4, -0.2) is 27.9 Å². The summed E-state index contributed by atoms with van der Waals surface area (Å²) in [5, 5.41) is 10.8. The maximum Gasteiger partial charge on any atom is 0.336 e. The minimum atomic E-state index is -1.03. The summed E-state index contributed by atoms with van der Waals surface area (Å²) < 4.78 is 0. The molecule has 0 aliphatic rings. The first-order chi connectivity index (χ1) is 12.5. The Labute approximate surface area is 152 Å². The van der Waals surface area contributed by atoms with Gasteiger partial charge < -0.3 is 10.0 Å². The number of benzene rings is 3. The van der Waals surface area contributed by atoms with Gasteiger partial charge in [-0.2, -0.15) is 0 Å². The van der Waals surface area contributed by atoms with Gasteiger partial charge in [0.1, 0.15) is 0 Å². The highest BCUT2D eigenvalue weighted by atomic mass is 16.4. The molecule has 132 valence electrons. The van der Waals surface area contributed by atoms with Crippen LogP contribution < -0.4 is 0 Å². The standard InChI is InChI=1S/C22H21NO3/c1-15(2)23(14-16-8-4-3-5-9-16)21(24)18-12-6-10-17-11-7-13-19(20(17)18)22(25)26/h3-13,15H,14H2,1-2H3,(H,25,26). The molecular formula is C22H21NO3. The summed E-state index contributed by atoms with van der Waals surface area (Å²) in [6, 6.07) is 20.2. The normalized spacial score (nSPS) is 10.9. The van der Waals surface area contributed by atoms with E-state index in [1.54, 1.807) is 29.2 Å². The zero-order chi connectivity index (χ0) is 18.7. The lowest BCUT2D eigenvalue weighted by Gasteiger charge is -2.27. The van der Waals surface area contributed by atoms with Crippen molar-refractivity contribution in [2.24, 2.45) is 0 Å². The molecule has 0 atom stereocenters. The van der Waals surface area contributed by atoms with E-state index in [1.165, 1.54) is 0 Å². The maximum absolute atomic E-state index is 13.3. The van der Waals surface area contributed by atoms with Crippen LogP contribution in [-0.2, 0) is 6.54 Å². The quantitative estimate of drug-likeness (QED) is 0.734. The Hall–Kier alpha value is -3.14. The van der Waals surface area contributed by atoms with Gasteiger partial charge in [0.05, 0.1) is 5.56 Å². The molecule has 3 aromatic rings. The third-order valence-corrected chi connectivity index (χ3v) is 4.45. The molecule has 0 radical (unpaired) electrons. The topological polar surface area (TPSA) is 57.6 Å². The molecule has 0 aromatic heterocycles. The summed E-state index contributed by atoms with van der Waals surface area (Å²) in [5.41, 5.74) is 1.60. The lowest BCUT2D eigenvalue weighted by Crippen LogP contribution is -2.36. The molecule has 0 saturated heterocycles. The van der Waals surface area contributed by atoms with Gasteiger partial charge in [-0.3, -0.25) is 4.79 Å². The Morgan fingerprint density at radius 2 is 1.50 bits per heavy atom. The van der Waals surface area contributed by atoms with Gasteiger partial charge in [0.2, 0.25) is 0 Å². The fourth-order valence-electron chi connectivity index (χ4n) is 3.12. The molecule has 1 amide bonds. The SMILES string of the molecule is CC(C)N(Cc1ccccc1)C(=O)c1cccc2cccc(C(=O)O)c12. The Kier molecular flexibility index (Phi) is 5.03. The second kappa shape index (κ2) is 7.40. The van der Waals surface area contributed by atoms with Crippen LogP contribution in [0, 0.1) is 0 Å². The zero-order valence-corrected chi connectivity index (χ0v) is 14.8. The minimum Gasteiger partial charge on any atom is -0.478 e. The molecule has 0 aliphatic carbocycles. The fourth-order valence-corrected chi connectivity index (χ4v) is 3.12. The van der Waals surface area contributed by atoms with Crippen LogP contribution in [0.2, 0.25) is 0 Å². The molecule has 0 saturated carbocycles. The summed E-state index contributed by atoms with van der Waals surface area (Å²) in [7, 11) is 0. The number of carbonyl (C=O) groups excluding carboxylic acids is 1. The monoisotopic (exact) mass is 347 g/mol. The Balaban J connectivity index is 2.09. The number of amides is 1. The highest BCUT2D eigenvalue weighted by Crippen LogP contribution is 2.25. The first-order valence-corrected chi connectivity index (χ1v) is 8.59. The number of nitrogens with zero attached hydrogens (tertiary/aromatic N) is 1. The molecule has 0 bridgehead atoms. The maximum atomic E-state index is 13.3. The number of carboxylic acids is 1. The van der Waals surface area contributed by atoms with E-state index in [-0.39, 0.29) is 17.5 Å². The molecular weight excluding hydrogens is 326 g/mol. The summed E-state index contributed by atoms with van der Waals surface area (Å²) in [6.07, 6.45) is 0. The summed E-state index contributed by atoms with van der Waals surface area (Å²) in [5.74, 6) is -1.20. The van der Waals surface area contributed by atoms with Crippen molar-refractivity contribution in [3.63, 3.8) is 0 Å². The van der Waals surface area contributed by atoms with E-state index < -0.39 is 5.97 Å². The number of fused-ring (bicyclic) bond motifs is 1. The molecule has 0 heterocycles. The van der Waals surface area contributed by atoms with Crippen LogP contribution in [0.15, 0.2) is 66.7 Å².